The van der Waals surface area contributed by atoms with Crippen LogP contribution in [0.25, 0.3) is 0 Å². The van der Waals surface area contributed by atoms with Crippen molar-refractivity contribution in [3.05, 3.63) is 39.8 Å². The summed E-state index contributed by atoms with van der Waals surface area (Å²) >= 11 is 3.30. The number of pyridine rings is 1. The second-order valence-corrected chi connectivity index (χ2v) is 4.83. The standard InChI is InChI=1S/C12H13BrN4O2/c1-7-3-9(17-19-7)6-16-12(18)10-4-8(13)5-15-11(10)14-2/h3-5H,6H2,1-2H3,(H,14,15)(H,16,18). The van der Waals surface area contributed by atoms with Crippen molar-refractivity contribution in [2.24, 2.45) is 0 Å². The van der Waals surface area contributed by atoms with E-state index in [0.29, 0.717) is 29.4 Å². The molecule has 0 spiro atoms. The van der Waals surface area contributed by atoms with Gasteiger partial charge in [0.25, 0.3) is 5.91 Å². The van der Waals surface area contributed by atoms with Crippen LogP contribution in [0.5, 0.6) is 0 Å². The second kappa shape index (κ2) is 5.83. The average Bonchev–Trinajstić information content (AvgIpc) is 2.81. The molecule has 6 nitrogen and oxygen atoms in total. The largest absolute Gasteiger partial charge is 0.372 e. The summed E-state index contributed by atoms with van der Waals surface area (Å²) in [5, 5.41) is 9.46. The Labute approximate surface area is 118 Å². The van der Waals surface area contributed by atoms with Gasteiger partial charge in [0.05, 0.1) is 12.1 Å². The smallest absolute Gasteiger partial charge is 0.255 e. The van der Waals surface area contributed by atoms with Gasteiger partial charge in [-0.25, -0.2) is 4.98 Å². The molecule has 0 radical (unpaired) electrons. The Morgan fingerprint density at radius 2 is 2.26 bits per heavy atom. The lowest BCUT2D eigenvalue weighted by Gasteiger charge is -2.08. The maximum atomic E-state index is 12.1. The van der Waals surface area contributed by atoms with E-state index in [1.54, 1.807) is 32.3 Å². The summed E-state index contributed by atoms with van der Waals surface area (Å²) in [5.41, 5.74) is 1.15. The van der Waals surface area contributed by atoms with Crippen molar-refractivity contribution >= 4 is 27.7 Å². The molecular formula is C12H13BrN4O2. The SMILES string of the molecule is CNc1ncc(Br)cc1C(=O)NCc1cc(C)on1. The van der Waals surface area contributed by atoms with Crippen LogP contribution < -0.4 is 10.6 Å². The maximum absolute atomic E-state index is 12.1. The molecule has 0 aliphatic rings. The van der Waals surface area contributed by atoms with Gasteiger partial charge < -0.3 is 15.2 Å². The van der Waals surface area contributed by atoms with Crippen LogP contribution in [-0.2, 0) is 6.54 Å². The van der Waals surface area contributed by atoms with E-state index in [2.05, 4.69) is 36.7 Å². The summed E-state index contributed by atoms with van der Waals surface area (Å²) < 4.78 is 5.68. The molecule has 2 rings (SSSR count). The van der Waals surface area contributed by atoms with E-state index in [1.165, 1.54) is 0 Å². The molecule has 2 N–H and O–H groups in total. The minimum atomic E-state index is -0.223. The van der Waals surface area contributed by atoms with E-state index < -0.39 is 0 Å². The Morgan fingerprint density at radius 3 is 2.89 bits per heavy atom. The molecule has 0 saturated heterocycles. The van der Waals surface area contributed by atoms with Crippen LogP contribution in [0.2, 0.25) is 0 Å². The molecule has 2 heterocycles. The van der Waals surface area contributed by atoms with E-state index in [-0.39, 0.29) is 5.91 Å². The summed E-state index contributed by atoms with van der Waals surface area (Å²) in [5.74, 6) is 1.01. The van der Waals surface area contributed by atoms with Gasteiger partial charge in [0.2, 0.25) is 0 Å². The highest BCUT2D eigenvalue weighted by Crippen LogP contribution is 2.17. The number of nitrogens with one attached hydrogen (secondary N) is 2. The fourth-order valence-electron chi connectivity index (χ4n) is 1.58. The average molecular weight is 325 g/mol. The Morgan fingerprint density at radius 1 is 1.47 bits per heavy atom. The lowest BCUT2D eigenvalue weighted by molar-refractivity contribution is 0.0950. The molecule has 7 heteroatoms. The number of hydrogen-bond acceptors (Lipinski definition) is 5. The molecule has 0 atom stereocenters. The summed E-state index contributed by atoms with van der Waals surface area (Å²) in [4.78, 5) is 16.2. The molecular weight excluding hydrogens is 312 g/mol. The quantitative estimate of drug-likeness (QED) is 0.900. The second-order valence-electron chi connectivity index (χ2n) is 3.91. The van der Waals surface area contributed by atoms with Crippen molar-refractivity contribution in [2.45, 2.75) is 13.5 Å². The number of anilines is 1. The van der Waals surface area contributed by atoms with Crippen LogP contribution in [0.1, 0.15) is 21.8 Å². The third kappa shape index (κ3) is 3.31. The fraction of sp³-hybridized carbons (Fsp3) is 0.250. The summed E-state index contributed by atoms with van der Waals surface area (Å²) in [7, 11) is 1.72. The molecule has 1 amide bonds. The first-order valence-electron chi connectivity index (χ1n) is 5.64. The molecule has 0 fully saturated rings. The molecule has 0 saturated carbocycles. The highest BCUT2D eigenvalue weighted by Gasteiger charge is 2.13. The van der Waals surface area contributed by atoms with Crippen LogP contribution in [0, 0.1) is 6.92 Å². The van der Waals surface area contributed by atoms with E-state index in [1.807, 2.05) is 0 Å². The minimum Gasteiger partial charge on any atom is -0.372 e. The van der Waals surface area contributed by atoms with Gasteiger partial charge in [-0.05, 0) is 28.9 Å². The van der Waals surface area contributed by atoms with Gasteiger partial charge in [-0.2, -0.15) is 0 Å². The summed E-state index contributed by atoms with van der Waals surface area (Å²) in [6.07, 6.45) is 1.63. The first-order valence-corrected chi connectivity index (χ1v) is 6.43. The number of carbonyl (C=O) groups is 1. The fourth-order valence-corrected chi connectivity index (χ4v) is 1.91. The van der Waals surface area contributed by atoms with Gasteiger partial charge in [-0.1, -0.05) is 5.16 Å². The molecule has 0 aliphatic heterocycles. The van der Waals surface area contributed by atoms with E-state index >= 15 is 0 Å². The Bertz CT molecular complexity index is 597. The zero-order valence-electron chi connectivity index (χ0n) is 10.5. The molecule has 0 aliphatic carbocycles. The van der Waals surface area contributed by atoms with Crippen molar-refractivity contribution in [1.29, 1.82) is 0 Å². The Hall–Kier alpha value is -1.89. The first kappa shape index (κ1) is 13.5. The van der Waals surface area contributed by atoms with Gasteiger partial charge in [0.1, 0.15) is 17.3 Å². The summed E-state index contributed by atoms with van der Waals surface area (Å²) in [6.45, 7) is 2.11. The van der Waals surface area contributed by atoms with Crippen molar-refractivity contribution < 1.29 is 9.32 Å². The van der Waals surface area contributed by atoms with E-state index in [4.69, 9.17) is 4.52 Å². The first-order chi connectivity index (χ1) is 9.10. The molecule has 0 bridgehead atoms. The zero-order chi connectivity index (χ0) is 13.8. The normalized spacial score (nSPS) is 10.3. The highest BCUT2D eigenvalue weighted by molar-refractivity contribution is 9.10. The topological polar surface area (TPSA) is 80.0 Å². The van der Waals surface area contributed by atoms with Crippen molar-refractivity contribution in [3.63, 3.8) is 0 Å². The van der Waals surface area contributed by atoms with Gasteiger partial charge in [-0.3, -0.25) is 4.79 Å². The van der Waals surface area contributed by atoms with E-state index in [9.17, 15) is 4.79 Å². The van der Waals surface area contributed by atoms with Crippen LogP contribution in [0.3, 0.4) is 0 Å². The molecule has 100 valence electrons. The zero-order valence-corrected chi connectivity index (χ0v) is 12.1. The van der Waals surface area contributed by atoms with Crippen molar-refractivity contribution in [3.8, 4) is 0 Å². The number of aromatic nitrogens is 2. The number of hydrogen-bond donors (Lipinski definition) is 2. The van der Waals surface area contributed by atoms with Crippen LogP contribution >= 0.6 is 15.9 Å². The number of halogens is 1. The number of rotatable bonds is 4. The highest BCUT2D eigenvalue weighted by atomic mass is 79.9. The minimum absolute atomic E-state index is 0.223. The monoisotopic (exact) mass is 324 g/mol. The van der Waals surface area contributed by atoms with Crippen LogP contribution in [0.15, 0.2) is 27.3 Å². The van der Waals surface area contributed by atoms with Gasteiger partial charge in [0, 0.05) is 23.8 Å². The third-order valence-electron chi connectivity index (χ3n) is 2.44. The van der Waals surface area contributed by atoms with Crippen molar-refractivity contribution in [1.82, 2.24) is 15.5 Å². The maximum Gasteiger partial charge on any atom is 0.255 e. The molecule has 19 heavy (non-hydrogen) atoms. The number of nitrogens with zero attached hydrogens (tertiary/aromatic N) is 2. The molecule has 2 aromatic rings. The van der Waals surface area contributed by atoms with Crippen LogP contribution in [0.4, 0.5) is 5.82 Å². The lowest BCUT2D eigenvalue weighted by atomic mass is 10.2. The predicted octanol–water partition coefficient (Wildman–Crippen LogP) is 2.11. The molecule has 0 unspecified atom stereocenters. The number of amides is 1. The van der Waals surface area contributed by atoms with E-state index in [0.717, 1.165) is 4.47 Å². The molecule has 2 aromatic heterocycles. The van der Waals surface area contributed by atoms with Gasteiger partial charge in [-0.15, -0.1) is 0 Å². The van der Waals surface area contributed by atoms with Gasteiger partial charge >= 0.3 is 0 Å². The molecule has 0 aromatic carbocycles. The number of aryl methyl sites for hydroxylation is 1. The lowest BCUT2D eigenvalue weighted by Crippen LogP contribution is -2.24. The van der Waals surface area contributed by atoms with Crippen molar-refractivity contribution in [2.75, 3.05) is 12.4 Å². The summed E-state index contributed by atoms with van der Waals surface area (Å²) in [6, 6.07) is 3.49. The predicted molar refractivity (Wildman–Crippen MR) is 73.9 cm³/mol. The van der Waals surface area contributed by atoms with Crippen LogP contribution in [-0.4, -0.2) is 23.1 Å². The Kier molecular flexibility index (Phi) is 4.16. The third-order valence-corrected chi connectivity index (χ3v) is 2.88. The van der Waals surface area contributed by atoms with Gasteiger partial charge in [0.15, 0.2) is 0 Å². The Balaban J connectivity index is 2.09. The number of carbonyl (C=O) groups excluding carboxylic acids is 1.